The minimum absolute atomic E-state index is 0.311. The lowest BCUT2D eigenvalue weighted by Gasteiger charge is -2.06. The van der Waals surface area contributed by atoms with Gasteiger partial charge in [0.25, 0.3) is 0 Å². The van der Waals surface area contributed by atoms with E-state index in [0.29, 0.717) is 5.56 Å². The Morgan fingerprint density at radius 3 is 2.44 bits per heavy atom. The fourth-order valence-corrected chi connectivity index (χ4v) is 3.33. The third-order valence-corrected chi connectivity index (χ3v) is 4.58. The molecule has 0 amide bonds. The Kier molecular flexibility index (Phi) is 5.46. The van der Waals surface area contributed by atoms with E-state index < -0.39 is 5.97 Å². The van der Waals surface area contributed by atoms with Crippen molar-refractivity contribution < 1.29 is 9.90 Å². The maximum absolute atomic E-state index is 10.9. The number of carboxylic acids is 1. The van der Waals surface area contributed by atoms with Gasteiger partial charge in [-0.3, -0.25) is 0 Å². The van der Waals surface area contributed by atoms with Crippen molar-refractivity contribution in [2.75, 3.05) is 5.75 Å². The summed E-state index contributed by atoms with van der Waals surface area (Å²) in [6.45, 7) is 1.98. The van der Waals surface area contributed by atoms with Gasteiger partial charge in [-0.2, -0.15) is 0 Å². The van der Waals surface area contributed by atoms with E-state index >= 15 is 0 Å². The summed E-state index contributed by atoms with van der Waals surface area (Å²) in [4.78, 5) is 20.0. The van der Waals surface area contributed by atoms with Gasteiger partial charge in [0.2, 0.25) is 0 Å². The van der Waals surface area contributed by atoms with Crippen LogP contribution in [0, 0.1) is 6.92 Å². The lowest BCUT2D eigenvalue weighted by Crippen LogP contribution is -1.98. The van der Waals surface area contributed by atoms with Crippen LogP contribution in [0.25, 0.3) is 11.3 Å². The number of carboxylic acid groups (broad SMARTS) is 1. The lowest BCUT2D eigenvalue weighted by molar-refractivity contribution is 0.0697. The monoisotopic (exact) mass is 350 g/mol. The summed E-state index contributed by atoms with van der Waals surface area (Å²) in [5.74, 6) is -0.0630. The van der Waals surface area contributed by atoms with E-state index in [1.165, 1.54) is 0 Å². The molecule has 0 unspecified atom stereocenters. The molecule has 0 atom stereocenters. The Labute approximate surface area is 151 Å². The molecule has 0 aliphatic rings. The number of aromatic nitrogens is 2. The molecular formula is C20H18N2O2S. The first-order valence-corrected chi connectivity index (χ1v) is 8.96. The van der Waals surface area contributed by atoms with E-state index in [1.54, 1.807) is 23.9 Å². The molecule has 0 spiro atoms. The highest BCUT2D eigenvalue weighted by Gasteiger charge is 2.06. The van der Waals surface area contributed by atoms with Crippen LogP contribution in [0.4, 0.5) is 0 Å². The van der Waals surface area contributed by atoms with Crippen LogP contribution in [-0.4, -0.2) is 26.8 Å². The van der Waals surface area contributed by atoms with E-state index in [2.05, 4.69) is 9.97 Å². The standard InChI is InChI=1S/C20H18N2O2S/c1-14-13-18(16-5-3-2-4-6-16)22-20(21-14)25-12-11-15-7-9-17(10-8-15)19(23)24/h2-10,13H,11-12H2,1H3,(H,23,24). The van der Waals surface area contributed by atoms with Gasteiger partial charge in [0.05, 0.1) is 11.3 Å². The molecule has 0 bridgehead atoms. The molecule has 3 rings (SSSR count). The van der Waals surface area contributed by atoms with Crippen molar-refractivity contribution in [2.45, 2.75) is 18.5 Å². The highest BCUT2D eigenvalue weighted by Crippen LogP contribution is 2.22. The van der Waals surface area contributed by atoms with E-state index in [4.69, 9.17) is 5.11 Å². The lowest BCUT2D eigenvalue weighted by atomic mass is 10.1. The molecule has 0 radical (unpaired) electrons. The number of benzene rings is 2. The topological polar surface area (TPSA) is 63.1 Å². The first-order chi connectivity index (χ1) is 12.1. The normalized spacial score (nSPS) is 10.6. The number of rotatable bonds is 6. The highest BCUT2D eigenvalue weighted by atomic mass is 32.2. The summed E-state index contributed by atoms with van der Waals surface area (Å²) in [5.41, 5.74) is 4.38. The zero-order valence-electron chi connectivity index (χ0n) is 13.8. The van der Waals surface area contributed by atoms with Crippen molar-refractivity contribution in [3.63, 3.8) is 0 Å². The van der Waals surface area contributed by atoms with Crippen LogP contribution >= 0.6 is 11.8 Å². The predicted molar refractivity (Wildman–Crippen MR) is 100 cm³/mol. The van der Waals surface area contributed by atoms with Gasteiger partial charge in [-0.25, -0.2) is 14.8 Å². The Morgan fingerprint density at radius 1 is 1.04 bits per heavy atom. The molecular weight excluding hydrogens is 332 g/mol. The third kappa shape index (κ3) is 4.67. The van der Waals surface area contributed by atoms with Gasteiger partial charge in [-0.1, -0.05) is 54.2 Å². The van der Waals surface area contributed by atoms with Crippen LogP contribution in [0.3, 0.4) is 0 Å². The molecule has 0 aliphatic carbocycles. The number of aromatic carboxylic acids is 1. The van der Waals surface area contributed by atoms with Crippen molar-refractivity contribution in [1.82, 2.24) is 9.97 Å². The minimum atomic E-state index is -0.900. The van der Waals surface area contributed by atoms with Crippen molar-refractivity contribution in [2.24, 2.45) is 0 Å². The second kappa shape index (κ2) is 7.94. The van der Waals surface area contributed by atoms with Crippen LogP contribution in [0.15, 0.2) is 65.8 Å². The Morgan fingerprint density at radius 2 is 1.76 bits per heavy atom. The summed E-state index contributed by atoms with van der Waals surface area (Å²) in [5, 5.41) is 9.69. The summed E-state index contributed by atoms with van der Waals surface area (Å²) in [6, 6.07) is 19.1. The molecule has 0 fully saturated rings. The van der Waals surface area contributed by atoms with Crippen molar-refractivity contribution in [1.29, 1.82) is 0 Å². The average Bonchev–Trinajstić information content (AvgIpc) is 2.62. The molecule has 5 heteroatoms. The summed E-state index contributed by atoms with van der Waals surface area (Å²) in [6.07, 6.45) is 0.836. The molecule has 25 heavy (non-hydrogen) atoms. The summed E-state index contributed by atoms with van der Waals surface area (Å²) >= 11 is 1.61. The van der Waals surface area contributed by atoms with Gasteiger partial charge >= 0.3 is 5.97 Å². The average molecular weight is 350 g/mol. The van der Waals surface area contributed by atoms with Gasteiger partial charge in [-0.15, -0.1) is 0 Å². The Balaban J connectivity index is 1.65. The second-order valence-electron chi connectivity index (χ2n) is 5.64. The number of nitrogens with zero attached hydrogens (tertiary/aromatic N) is 2. The van der Waals surface area contributed by atoms with E-state index in [1.807, 2.05) is 55.5 Å². The number of hydrogen-bond donors (Lipinski definition) is 1. The Bertz CT molecular complexity index is 865. The van der Waals surface area contributed by atoms with Gasteiger partial charge < -0.3 is 5.11 Å². The molecule has 0 saturated heterocycles. The van der Waals surface area contributed by atoms with E-state index in [9.17, 15) is 4.79 Å². The third-order valence-electron chi connectivity index (χ3n) is 3.73. The molecule has 0 aliphatic heterocycles. The molecule has 4 nitrogen and oxygen atoms in total. The van der Waals surface area contributed by atoms with Gasteiger partial charge in [0.15, 0.2) is 5.16 Å². The maximum Gasteiger partial charge on any atom is 0.335 e. The fraction of sp³-hybridized carbons (Fsp3) is 0.150. The smallest absolute Gasteiger partial charge is 0.335 e. The van der Waals surface area contributed by atoms with Crippen LogP contribution in [0.1, 0.15) is 21.6 Å². The SMILES string of the molecule is Cc1cc(-c2ccccc2)nc(SCCc2ccc(C(=O)O)cc2)n1. The van der Waals surface area contributed by atoms with E-state index in [-0.39, 0.29) is 0 Å². The van der Waals surface area contributed by atoms with Gasteiger partial charge in [0, 0.05) is 17.0 Å². The quantitative estimate of drug-likeness (QED) is 0.524. The van der Waals surface area contributed by atoms with Gasteiger partial charge in [0.1, 0.15) is 0 Å². The second-order valence-corrected chi connectivity index (χ2v) is 6.71. The van der Waals surface area contributed by atoms with Crippen LogP contribution in [0.5, 0.6) is 0 Å². The first-order valence-electron chi connectivity index (χ1n) is 7.98. The van der Waals surface area contributed by atoms with Crippen molar-refractivity contribution in [3.05, 3.63) is 77.5 Å². The fourth-order valence-electron chi connectivity index (χ4n) is 2.44. The summed E-state index contributed by atoms with van der Waals surface area (Å²) < 4.78 is 0. The number of hydrogen-bond acceptors (Lipinski definition) is 4. The molecule has 1 N–H and O–H groups in total. The first kappa shape index (κ1) is 17.2. The van der Waals surface area contributed by atoms with E-state index in [0.717, 1.165) is 39.8 Å². The van der Waals surface area contributed by atoms with Gasteiger partial charge in [-0.05, 0) is 37.1 Å². The largest absolute Gasteiger partial charge is 0.478 e. The predicted octanol–water partition coefficient (Wildman–Crippen LogP) is 4.49. The van der Waals surface area contributed by atoms with Crippen LogP contribution in [0.2, 0.25) is 0 Å². The highest BCUT2D eigenvalue weighted by molar-refractivity contribution is 7.99. The van der Waals surface area contributed by atoms with Crippen LogP contribution < -0.4 is 0 Å². The number of carbonyl (C=O) groups is 1. The van der Waals surface area contributed by atoms with Crippen molar-refractivity contribution >= 4 is 17.7 Å². The minimum Gasteiger partial charge on any atom is -0.478 e. The zero-order chi connectivity index (χ0) is 17.6. The maximum atomic E-state index is 10.9. The van der Waals surface area contributed by atoms with Crippen molar-refractivity contribution in [3.8, 4) is 11.3 Å². The molecule has 1 aromatic heterocycles. The summed E-state index contributed by atoms with van der Waals surface area (Å²) in [7, 11) is 0. The Hall–Kier alpha value is -2.66. The molecule has 126 valence electrons. The molecule has 2 aromatic carbocycles. The molecule has 3 aromatic rings. The number of aryl methyl sites for hydroxylation is 2. The number of thioether (sulfide) groups is 1. The van der Waals surface area contributed by atoms with Crippen LogP contribution in [-0.2, 0) is 6.42 Å². The molecule has 0 saturated carbocycles. The zero-order valence-corrected chi connectivity index (χ0v) is 14.7. The molecule has 1 heterocycles.